The highest BCUT2D eigenvalue weighted by Crippen LogP contribution is 2.35. The maximum absolute atomic E-state index is 13.1. The van der Waals surface area contributed by atoms with E-state index in [0.29, 0.717) is 22.4 Å². The van der Waals surface area contributed by atoms with Crippen LogP contribution in [-0.2, 0) is 17.8 Å². The minimum absolute atomic E-state index is 0.174. The first-order valence-electron chi connectivity index (χ1n) is 10.2. The fourth-order valence-corrected chi connectivity index (χ4v) is 5.70. The predicted molar refractivity (Wildman–Crippen MR) is 144 cm³/mol. The van der Waals surface area contributed by atoms with E-state index in [4.69, 9.17) is 4.74 Å². The lowest BCUT2D eigenvalue weighted by Crippen LogP contribution is -2.19. The smallest absolute Gasteiger partial charge is 0.264 e. The molecule has 1 N–H and O–H groups in total. The van der Waals surface area contributed by atoms with E-state index in [1.165, 1.54) is 29.5 Å². The number of nitrogens with zero attached hydrogens (tertiary/aromatic N) is 1. The molecule has 4 rings (SSSR count). The zero-order chi connectivity index (χ0) is 23.4. The number of aliphatic imine (C=N–C) groups is 1. The van der Waals surface area contributed by atoms with Crippen LogP contribution in [0.5, 0.6) is 5.75 Å². The number of rotatable bonds is 6. The molecular weight excluding hydrogens is 618 g/mol. The molecule has 0 unspecified atom stereocenters. The summed E-state index contributed by atoms with van der Waals surface area (Å²) >= 11 is 7.08. The number of aryl methyl sites for hydroxylation is 1. The molecule has 0 spiro atoms. The second-order valence-corrected chi connectivity index (χ2v) is 10.3. The Bertz CT molecular complexity index is 1220. The van der Waals surface area contributed by atoms with Gasteiger partial charge >= 0.3 is 0 Å². The maximum Gasteiger partial charge on any atom is 0.264 e. The van der Waals surface area contributed by atoms with Gasteiger partial charge in [0.25, 0.3) is 5.91 Å². The lowest BCUT2D eigenvalue weighted by molar-refractivity contribution is -0.115. The summed E-state index contributed by atoms with van der Waals surface area (Å²) in [4.78, 5) is 17.6. The second-order valence-electron chi connectivity index (χ2n) is 7.23. The molecule has 1 heterocycles. The van der Waals surface area contributed by atoms with Crippen LogP contribution in [0.15, 0.2) is 75.0 Å². The van der Waals surface area contributed by atoms with Crippen molar-refractivity contribution in [1.29, 1.82) is 0 Å². The van der Waals surface area contributed by atoms with E-state index >= 15 is 0 Å². The molecule has 8 heteroatoms. The van der Waals surface area contributed by atoms with Gasteiger partial charge in [0, 0.05) is 0 Å². The van der Waals surface area contributed by atoms with Gasteiger partial charge in [-0.2, -0.15) is 0 Å². The predicted octanol–water partition coefficient (Wildman–Crippen LogP) is 7.23. The SMILES string of the molecule is CCc1ccc(N=C2NC(=O)/C(=C/c3cc(Br)c(OCc4ccc(F)cc4)c(I)c3)S2)cc1. The fourth-order valence-electron chi connectivity index (χ4n) is 3.09. The molecule has 1 saturated heterocycles. The van der Waals surface area contributed by atoms with Gasteiger partial charge in [0.15, 0.2) is 5.17 Å². The molecule has 0 aromatic heterocycles. The molecule has 0 atom stereocenters. The Morgan fingerprint density at radius 1 is 1.12 bits per heavy atom. The average Bonchev–Trinajstić information content (AvgIpc) is 3.13. The van der Waals surface area contributed by atoms with E-state index in [0.717, 1.165) is 31.3 Å². The fraction of sp³-hybridized carbons (Fsp3) is 0.120. The Morgan fingerprint density at radius 2 is 1.82 bits per heavy atom. The van der Waals surface area contributed by atoms with E-state index in [-0.39, 0.29) is 11.7 Å². The van der Waals surface area contributed by atoms with Crippen LogP contribution in [0.1, 0.15) is 23.6 Å². The van der Waals surface area contributed by atoms with E-state index in [2.05, 4.69) is 55.8 Å². The third-order valence-electron chi connectivity index (χ3n) is 4.84. The molecule has 0 aliphatic carbocycles. The van der Waals surface area contributed by atoms with Gasteiger partial charge in [0.05, 0.1) is 18.6 Å². The highest BCUT2D eigenvalue weighted by atomic mass is 127. The van der Waals surface area contributed by atoms with Crippen molar-refractivity contribution in [1.82, 2.24) is 5.32 Å². The van der Waals surface area contributed by atoms with Crippen molar-refractivity contribution in [3.63, 3.8) is 0 Å². The van der Waals surface area contributed by atoms with Crippen molar-refractivity contribution in [2.24, 2.45) is 4.99 Å². The van der Waals surface area contributed by atoms with Crippen LogP contribution in [0.4, 0.5) is 10.1 Å². The Hall–Kier alpha value is -2.17. The molecule has 33 heavy (non-hydrogen) atoms. The highest BCUT2D eigenvalue weighted by molar-refractivity contribution is 14.1. The number of carbonyl (C=O) groups excluding carboxylic acids is 1. The Labute approximate surface area is 218 Å². The average molecular weight is 637 g/mol. The standard InChI is InChI=1S/C25H19BrFIN2O2S/c1-2-15-5-9-19(10-6-15)29-25-30-24(31)22(33-25)13-17-11-20(26)23(21(28)12-17)32-14-16-3-7-18(27)8-4-16/h3-13H,2,14H2,1H3,(H,29,30,31)/b22-13-. The molecule has 3 aromatic carbocycles. The lowest BCUT2D eigenvalue weighted by atomic mass is 10.2. The molecule has 1 aliphatic rings. The monoisotopic (exact) mass is 636 g/mol. The third kappa shape index (κ3) is 6.24. The third-order valence-corrected chi connectivity index (χ3v) is 7.14. The summed E-state index contributed by atoms with van der Waals surface area (Å²) in [6.07, 6.45) is 2.80. The number of benzene rings is 3. The Morgan fingerprint density at radius 3 is 2.48 bits per heavy atom. The summed E-state index contributed by atoms with van der Waals surface area (Å²) in [6.45, 7) is 2.43. The van der Waals surface area contributed by atoms with Crippen molar-refractivity contribution < 1.29 is 13.9 Å². The summed E-state index contributed by atoms with van der Waals surface area (Å²) in [5.74, 6) is 0.249. The lowest BCUT2D eigenvalue weighted by Gasteiger charge is -2.11. The number of thioether (sulfide) groups is 1. The minimum atomic E-state index is -0.275. The second kappa shape index (κ2) is 10.8. The van der Waals surface area contributed by atoms with Crippen LogP contribution >= 0.6 is 50.3 Å². The van der Waals surface area contributed by atoms with Crippen LogP contribution in [-0.4, -0.2) is 11.1 Å². The number of carbonyl (C=O) groups is 1. The van der Waals surface area contributed by atoms with Gasteiger partial charge in [-0.15, -0.1) is 0 Å². The molecule has 0 radical (unpaired) electrons. The molecule has 0 bridgehead atoms. The molecule has 1 amide bonds. The zero-order valence-electron chi connectivity index (χ0n) is 17.6. The summed E-state index contributed by atoms with van der Waals surface area (Å²) < 4.78 is 20.7. The van der Waals surface area contributed by atoms with Gasteiger partial charge in [-0.25, -0.2) is 9.38 Å². The van der Waals surface area contributed by atoms with Crippen molar-refractivity contribution in [2.75, 3.05) is 0 Å². The summed E-state index contributed by atoms with van der Waals surface area (Å²) in [5, 5.41) is 3.38. The van der Waals surface area contributed by atoms with Gasteiger partial charge < -0.3 is 10.1 Å². The molecule has 4 nitrogen and oxygen atoms in total. The Kier molecular flexibility index (Phi) is 7.87. The van der Waals surface area contributed by atoms with Crippen LogP contribution in [0.25, 0.3) is 6.08 Å². The van der Waals surface area contributed by atoms with E-state index < -0.39 is 0 Å². The van der Waals surface area contributed by atoms with Crippen molar-refractivity contribution in [3.8, 4) is 5.75 Å². The van der Waals surface area contributed by atoms with Crippen molar-refractivity contribution in [2.45, 2.75) is 20.0 Å². The highest BCUT2D eigenvalue weighted by Gasteiger charge is 2.24. The largest absolute Gasteiger partial charge is 0.487 e. The first-order chi connectivity index (χ1) is 15.9. The number of amides is 1. The maximum atomic E-state index is 13.1. The van der Waals surface area contributed by atoms with E-state index in [1.54, 1.807) is 12.1 Å². The van der Waals surface area contributed by atoms with Crippen LogP contribution in [0.3, 0.4) is 0 Å². The van der Waals surface area contributed by atoms with E-state index in [1.807, 2.05) is 42.5 Å². The summed E-state index contributed by atoms with van der Waals surface area (Å²) in [5.41, 5.74) is 3.79. The van der Waals surface area contributed by atoms with Gasteiger partial charge in [-0.05, 0) is 116 Å². The minimum Gasteiger partial charge on any atom is -0.487 e. The number of amidine groups is 1. The molecule has 168 valence electrons. The summed E-state index contributed by atoms with van der Waals surface area (Å²) in [7, 11) is 0. The molecule has 1 aliphatic heterocycles. The van der Waals surface area contributed by atoms with Gasteiger partial charge in [0.2, 0.25) is 0 Å². The first-order valence-corrected chi connectivity index (χ1v) is 12.8. The number of halogens is 3. The number of nitrogens with one attached hydrogen (secondary N) is 1. The molecule has 1 fully saturated rings. The Balaban J connectivity index is 1.48. The quantitative estimate of drug-likeness (QED) is 0.230. The van der Waals surface area contributed by atoms with Crippen LogP contribution < -0.4 is 10.1 Å². The number of hydrogen-bond donors (Lipinski definition) is 1. The topological polar surface area (TPSA) is 50.7 Å². The van der Waals surface area contributed by atoms with Crippen molar-refractivity contribution in [3.05, 3.63) is 96.1 Å². The van der Waals surface area contributed by atoms with Crippen molar-refractivity contribution >= 4 is 73.1 Å². The molecular formula is C25H19BrFIN2O2S. The number of ether oxygens (including phenoxy) is 1. The van der Waals surface area contributed by atoms with Crippen LogP contribution in [0, 0.1) is 9.39 Å². The zero-order valence-corrected chi connectivity index (χ0v) is 22.1. The van der Waals surface area contributed by atoms with Crippen LogP contribution in [0.2, 0.25) is 0 Å². The van der Waals surface area contributed by atoms with Gasteiger partial charge in [-0.1, -0.05) is 31.2 Å². The normalized spacial score (nSPS) is 15.8. The van der Waals surface area contributed by atoms with Gasteiger partial charge in [0.1, 0.15) is 18.2 Å². The molecule has 0 saturated carbocycles. The summed E-state index contributed by atoms with van der Waals surface area (Å²) in [6, 6.07) is 18.0. The molecule has 3 aromatic rings. The van der Waals surface area contributed by atoms with Gasteiger partial charge in [-0.3, -0.25) is 4.79 Å². The van der Waals surface area contributed by atoms with E-state index in [9.17, 15) is 9.18 Å². The number of hydrogen-bond acceptors (Lipinski definition) is 4. The first kappa shape index (κ1) is 24.0.